The summed E-state index contributed by atoms with van der Waals surface area (Å²) in [6, 6.07) is 12.5. The van der Waals surface area contributed by atoms with Crippen molar-refractivity contribution < 1.29 is 9.90 Å². The average molecular weight is 370 g/mol. The number of nitrogens with one attached hydrogen (secondary N) is 1. The zero-order valence-electron chi connectivity index (χ0n) is 15.5. The van der Waals surface area contributed by atoms with Gasteiger partial charge in [-0.2, -0.15) is 5.10 Å². The van der Waals surface area contributed by atoms with Gasteiger partial charge in [0.05, 0.1) is 6.10 Å². The predicted octanol–water partition coefficient (Wildman–Crippen LogP) is 0.956. The van der Waals surface area contributed by atoms with Gasteiger partial charge in [-0.3, -0.25) is 9.59 Å². The smallest absolute Gasteiger partial charge is 0.271 e. The first kappa shape index (κ1) is 19.3. The number of β-amino-alcohol motifs (C(OH)–C–C–N with tert-alkyl or cyclic N) is 1. The summed E-state index contributed by atoms with van der Waals surface area (Å²) in [4.78, 5) is 25.8. The van der Waals surface area contributed by atoms with E-state index in [9.17, 15) is 14.7 Å². The summed E-state index contributed by atoms with van der Waals surface area (Å²) in [7, 11) is 1.53. The molecule has 3 rings (SSSR count). The number of rotatable bonds is 6. The van der Waals surface area contributed by atoms with Crippen LogP contribution in [0.4, 0.5) is 0 Å². The molecule has 1 amide bonds. The van der Waals surface area contributed by atoms with Crippen molar-refractivity contribution in [3.63, 3.8) is 0 Å². The Morgan fingerprint density at radius 3 is 2.59 bits per heavy atom. The molecule has 0 bridgehead atoms. The van der Waals surface area contributed by atoms with Crippen LogP contribution in [0.2, 0.25) is 0 Å². The first-order chi connectivity index (χ1) is 13.0. The van der Waals surface area contributed by atoms with Crippen molar-refractivity contribution >= 4 is 5.91 Å². The van der Waals surface area contributed by atoms with Crippen LogP contribution >= 0.6 is 0 Å². The lowest BCUT2D eigenvalue weighted by Gasteiger charge is -2.33. The number of nitrogens with zero attached hydrogens (tertiary/aromatic N) is 3. The van der Waals surface area contributed by atoms with Crippen molar-refractivity contribution in [2.45, 2.75) is 18.9 Å². The molecule has 0 radical (unpaired) electrons. The molecule has 0 spiro atoms. The van der Waals surface area contributed by atoms with Crippen LogP contribution in [0.25, 0.3) is 0 Å². The molecule has 27 heavy (non-hydrogen) atoms. The highest BCUT2D eigenvalue weighted by molar-refractivity contribution is 5.91. The fourth-order valence-electron chi connectivity index (χ4n) is 3.35. The number of aliphatic hydroxyl groups excluding tert-OH is 1. The highest BCUT2D eigenvalue weighted by Crippen LogP contribution is 2.20. The van der Waals surface area contributed by atoms with E-state index in [1.165, 1.54) is 19.2 Å². The average Bonchev–Trinajstić information content (AvgIpc) is 2.70. The molecule has 144 valence electrons. The van der Waals surface area contributed by atoms with Crippen LogP contribution in [0.15, 0.2) is 47.3 Å². The molecule has 2 aromatic rings. The standard InChI is InChI=1S/C20H26N4O3/c1-23-19(26)8-7-17(22-23)20(27)21-13-15-9-11-24(12-10-15)14-18(25)16-5-3-2-4-6-16/h2-8,15,18,25H,9-14H2,1H3,(H,21,27). The second-order valence-corrected chi connectivity index (χ2v) is 7.06. The molecule has 1 unspecified atom stereocenters. The number of benzene rings is 1. The van der Waals surface area contributed by atoms with Gasteiger partial charge in [-0.1, -0.05) is 30.3 Å². The maximum Gasteiger partial charge on any atom is 0.271 e. The summed E-state index contributed by atoms with van der Waals surface area (Å²) in [5.41, 5.74) is 0.953. The predicted molar refractivity (Wildman–Crippen MR) is 102 cm³/mol. The third-order valence-electron chi connectivity index (χ3n) is 5.07. The Morgan fingerprint density at radius 2 is 1.93 bits per heavy atom. The summed E-state index contributed by atoms with van der Waals surface area (Å²) in [6.07, 6.45) is 1.48. The van der Waals surface area contributed by atoms with E-state index in [0.29, 0.717) is 19.0 Å². The first-order valence-electron chi connectivity index (χ1n) is 9.31. The van der Waals surface area contributed by atoms with E-state index in [1.54, 1.807) is 0 Å². The number of aryl methyl sites for hydroxylation is 1. The van der Waals surface area contributed by atoms with Gasteiger partial charge in [0.1, 0.15) is 5.69 Å². The van der Waals surface area contributed by atoms with Crippen molar-refractivity contribution in [1.29, 1.82) is 0 Å². The van der Waals surface area contributed by atoms with E-state index in [-0.39, 0.29) is 17.2 Å². The van der Waals surface area contributed by atoms with Gasteiger partial charge in [0.2, 0.25) is 0 Å². The molecule has 1 aromatic carbocycles. The van der Waals surface area contributed by atoms with E-state index >= 15 is 0 Å². The first-order valence-corrected chi connectivity index (χ1v) is 9.31. The van der Waals surface area contributed by atoms with Crippen molar-refractivity contribution in [2.75, 3.05) is 26.2 Å². The summed E-state index contributed by atoms with van der Waals surface area (Å²) < 4.78 is 1.16. The molecule has 1 fully saturated rings. The number of hydrogen-bond acceptors (Lipinski definition) is 5. The van der Waals surface area contributed by atoms with Crippen LogP contribution in [0, 0.1) is 5.92 Å². The van der Waals surface area contributed by atoms with Crippen molar-refractivity contribution in [3.05, 3.63) is 64.1 Å². The highest BCUT2D eigenvalue weighted by atomic mass is 16.3. The lowest BCUT2D eigenvalue weighted by Crippen LogP contribution is -2.40. The van der Waals surface area contributed by atoms with E-state index in [2.05, 4.69) is 15.3 Å². The number of likely N-dealkylation sites (tertiary alicyclic amines) is 1. The van der Waals surface area contributed by atoms with Crippen LogP contribution in [-0.4, -0.2) is 51.9 Å². The summed E-state index contributed by atoms with van der Waals surface area (Å²) in [5, 5.41) is 17.2. The van der Waals surface area contributed by atoms with Gasteiger partial charge in [-0.05, 0) is 43.5 Å². The second kappa shape index (κ2) is 8.92. The molecule has 7 heteroatoms. The molecular formula is C20H26N4O3. The van der Waals surface area contributed by atoms with Crippen molar-refractivity contribution in [2.24, 2.45) is 13.0 Å². The minimum atomic E-state index is -0.474. The van der Waals surface area contributed by atoms with Crippen LogP contribution in [0.1, 0.15) is 35.0 Å². The molecule has 1 atom stereocenters. The Labute approximate surface area is 158 Å². The minimum Gasteiger partial charge on any atom is -0.387 e. The van der Waals surface area contributed by atoms with Crippen LogP contribution in [0.3, 0.4) is 0 Å². The lowest BCUT2D eigenvalue weighted by atomic mass is 9.96. The number of aliphatic hydroxyl groups is 1. The fourth-order valence-corrected chi connectivity index (χ4v) is 3.35. The van der Waals surface area contributed by atoms with Crippen molar-refractivity contribution in [3.8, 4) is 0 Å². The SMILES string of the molecule is Cn1nc(C(=O)NCC2CCN(CC(O)c3ccccc3)CC2)ccc1=O. The monoisotopic (exact) mass is 370 g/mol. The largest absolute Gasteiger partial charge is 0.387 e. The van der Waals surface area contributed by atoms with Crippen LogP contribution < -0.4 is 10.9 Å². The Kier molecular flexibility index (Phi) is 6.36. The van der Waals surface area contributed by atoms with Gasteiger partial charge in [-0.25, -0.2) is 4.68 Å². The van der Waals surface area contributed by atoms with Gasteiger partial charge in [0.25, 0.3) is 11.5 Å². The zero-order chi connectivity index (χ0) is 19.2. The number of carbonyl (C=O) groups excluding carboxylic acids is 1. The van der Waals surface area contributed by atoms with Gasteiger partial charge >= 0.3 is 0 Å². The maximum absolute atomic E-state index is 12.2. The molecule has 1 aliphatic rings. The van der Waals surface area contributed by atoms with Crippen molar-refractivity contribution in [1.82, 2.24) is 20.0 Å². The normalized spacial score (nSPS) is 16.8. The molecule has 2 N–H and O–H groups in total. The molecule has 0 aliphatic carbocycles. The number of hydrogen-bond donors (Lipinski definition) is 2. The second-order valence-electron chi connectivity index (χ2n) is 7.06. The Hall–Kier alpha value is -2.51. The van der Waals surface area contributed by atoms with E-state index in [0.717, 1.165) is 36.2 Å². The van der Waals surface area contributed by atoms with E-state index in [1.807, 2.05) is 30.3 Å². The van der Waals surface area contributed by atoms with Gasteiger partial charge < -0.3 is 15.3 Å². The molecular weight excluding hydrogens is 344 g/mol. The Morgan fingerprint density at radius 1 is 1.22 bits per heavy atom. The quantitative estimate of drug-likeness (QED) is 0.791. The summed E-state index contributed by atoms with van der Waals surface area (Å²) >= 11 is 0. The number of carbonyl (C=O) groups is 1. The zero-order valence-corrected chi connectivity index (χ0v) is 15.5. The topological polar surface area (TPSA) is 87.5 Å². The number of aromatic nitrogens is 2. The third-order valence-corrected chi connectivity index (χ3v) is 5.07. The molecule has 1 aromatic heterocycles. The molecule has 0 saturated carbocycles. The number of piperidine rings is 1. The van der Waals surface area contributed by atoms with Gasteiger partial charge in [0.15, 0.2) is 0 Å². The molecule has 7 nitrogen and oxygen atoms in total. The molecule has 1 aliphatic heterocycles. The van der Waals surface area contributed by atoms with E-state index in [4.69, 9.17) is 0 Å². The fraction of sp³-hybridized carbons (Fsp3) is 0.450. The van der Waals surface area contributed by atoms with Crippen LogP contribution in [-0.2, 0) is 7.05 Å². The minimum absolute atomic E-state index is 0.239. The molecule has 1 saturated heterocycles. The van der Waals surface area contributed by atoms with Crippen LogP contribution in [0.5, 0.6) is 0 Å². The van der Waals surface area contributed by atoms with Gasteiger partial charge in [-0.15, -0.1) is 0 Å². The molecule has 2 heterocycles. The number of amides is 1. The summed E-state index contributed by atoms with van der Waals surface area (Å²) in [5.74, 6) is 0.152. The maximum atomic E-state index is 12.2. The van der Waals surface area contributed by atoms with Gasteiger partial charge in [0, 0.05) is 26.2 Å². The Balaban J connectivity index is 1.42. The lowest BCUT2D eigenvalue weighted by molar-refractivity contribution is 0.0849. The summed E-state index contributed by atoms with van der Waals surface area (Å²) in [6.45, 7) is 3.04. The highest BCUT2D eigenvalue weighted by Gasteiger charge is 2.22. The Bertz CT molecular complexity index is 813. The van der Waals surface area contributed by atoms with E-state index < -0.39 is 6.10 Å². The third kappa shape index (κ3) is 5.24.